The second-order valence-corrected chi connectivity index (χ2v) is 19.8. The molecule has 1 aliphatic heterocycles. The van der Waals surface area contributed by atoms with Crippen molar-refractivity contribution in [2.75, 3.05) is 39.9 Å². The van der Waals surface area contributed by atoms with Crippen LogP contribution in [-0.4, -0.2) is 95.6 Å². The summed E-state index contributed by atoms with van der Waals surface area (Å²) in [5.74, 6) is -1.29. The van der Waals surface area contributed by atoms with Gasteiger partial charge in [-0.1, -0.05) is 93.0 Å². The number of halogens is 4. The van der Waals surface area contributed by atoms with E-state index < -0.39 is 38.5 Å². The number of hydrogen-bond acceptors (Lipinski definition) is 7. The Morgan fingerprint density at radius 1 is 1.05 bits per heavy atom. The van der Waals surface area contributed by atoms with Crippen LogP contribution in [0.2, 0.25) is 10.2 Å². The largest absolute Gasteiger partial charge is 0.494 e. The highest BCUT2D eigenvalue weighted by Crippen LogP contribution is 2.38. The molecule has 15 heteroatoms. The number of nitrogens with zero attached hydrogens (tertiary/aromatic N) is 6. The van der Waals surface area contributed by atoms with Crippen molar-refractivity contribution >= 4 is 42.0 Å². The second-order valence-electron chi connectivity index (χ2n) is 15.2. The zero-order chi connectivity index (χ0) is 40.3. The highest BCUT2D eigenvalue weighted by Gasteiger charge is 2.52. The van der Waals surface area contributed by atoms with E-state index in [9.17, 15) is 18.0 Å². The third-order valence-corrected chi connectivity index (χ3v) is 16.0. The van der Waals surface area contributed by atoms with Crippen molar-refractivity contribution in [3.8, 4) is 17.0 Å². The van der Waals surface area contributed by atoms with Crippen LogP contribution in [0.5, 0.6) is 5.75 Å². The number of nitrogens with one attached hydrogen (secondary N) is 1. The number of ether oxygens (including phenoxy) is 1. The quantitative estimate of drug-likeness (QED) is 0.0981. The molecule has 1 fully saturated rings. The van der Waals surface area contributed by atoms with Gasteiger partial charge < -0.3 is 28.7 Å². The zero-order valence-electron chi connectivity index (χ0n) is 32.6. The van der Waals surface area contributed by atoms with E-state index in [1.807, 2.05) is 36.4 Å². The third kappa shape index (κ3) is 8.43. The minimum Gasteiger partial charge on any atom is -0.494 e. The van der Waals surface area contributed by atoms with Gasteiger partial charge in [0, 0.05) is 56.9 Å². The molecule has 2 unspecified atom stereocenters. The third-order valence-electron chi connectivity index (χ3n) is 10.7. The van der Waals surface area contributed by atoms with Crippen molar-refractivity contribution in [1.29, 1.82) is 0 Å². The standard InChI is InChI=1S/C41H49ClF3N7O3Si/c1-7-52(28(2)33-23-31(36(54-6)24-47-33)34-27-51-21-19-46-38(51)37(42)48-34)39(53)49-35-26-50(25-32(35)41(43,44)45)20-14-22-55-56(40(3,4)5,29-15-10-8-11-16-29)30-17-12-9-13-18-30/h8-13,15-19,21,23-24,27-28,32,35H,7,14,20,22,25-26H2,1-6H3,(H,49,53)/t28-,32?,35?/m1/s1. The summed E-state index contributed by atoms with van der Waals surface area (Å²) < 4.78 is 57.9. The van der Waals surface area contributed by atoms with Crippen molar-refractivity contribution in [2.45, 2.75) is 64.3 Å². The van der Waals surface area contributed by atoms with E-state index in [4.69, 9.17) is 20.8 Å². The molecule has 298 valence electrons. The van der Waals surface area contributed by atoms with Crippen LogP contribution >= 0.6 is 11.6 Å². The first-order valence-corrected chi connectivity index (χ1v) is 21.1. The first-order valence-electron chi connectivity index (χ1n) is 18.8. The Kier molecular flexibility index (Phi) is 12.4. The van der Waals surface area contributed by atoms with Crippen molar-refractivity contribution in [2.24, 2.45) is 5.92 Å². The number of pyridine rings is 1. The van der Waals surface area contributed by atoms with Gasteiger partial charge in [-0.3, -0.25) is 4.98 Å². The van der Waals surface area contributed by atoms with Gasteiger partial charge in [0.2, 0.25) is 0 Å². The monoisotopic (exact) mass is 807 g/mol. The molecule has 2 amide bonds. The molecule has 1 saturated heterocycles. The van der Waals surface area contributed by atoms with Crippen molar-refractivity contribution in [1.82, 2.24) is 34.5 Å². The number of imidazole rings is 1. The van der Waals surface area contributed by atoms with Crippen molar-refractivity contribution in [3.63, 3.8) is 0 Å². The average molecular weight is 808 g/mol. The van der Waals surface area contributed by atoms with E-state index in [0.717, 1.165) is 10.4 Å². The molecule has 0 bridgehead atoms. The van der Waals surface area contributed by atoms with E-state index in [1.165, 1.54) is 18.2 Å². The Morgan fingerprint density at radius 2 is 1.71 bits per heavy atom. The molecule has 0 spiro atoms. The van der Waals surface area contributed by atoms with E-state index in [0.29, 0.717) is 47.9 Å². The molecule has 0 radical (unpaired) electrons. The molecule has 1 aliphatic rings. The van der Waals surface area contributed by atoms with Gasteiger partial charge >= 0.3 is 12.2 Å². The fourth-order valence-corrected chi connectivity index (χ4v) is 12.7. The first kappa shape index (κ1) is 41.1. The zero-order valence-corrected chi connectivity index (χ0v) is 34.3. The van der Waals surface area contributed by atoms with Crippen molar-refractivity contribution < 1.29 is 27.1 Å². The molecule has 56 heavy (non-hydrogen) atoms. The van der Waals surface area contributed by atoms with Gasteiger partial charge in [0.25, 0.3) is 8.32 Å². The number of methoxy groups -OCH3 is 1. The summed E-state index contributed by atoms with van der Waals surface area (Å²) in [7, 11) is -1.27. The number of hydrogen-bond donors (Lipinski definition) is 1. The number of likely N-dealkylation sites (tertiary alicyclic amines) is 1. The summed E-state index contributed by atoms with van der Waals surface area (Å²) in [5, 5.41) is 5.02. The second kappa shape index (κ2) is 16.9. The molecule has 6 rings (SSSR count). The van der Waals surface area contributed by atoms with Crippen LogP contribution in [0.25, 0.3) is 16.9 Å². The van der Waals surface area contributed by atoms with E-state index in [-0.39, 0.29) is 29.8 Å². The molecule has 2 aromatic carbocycles. The Balaban J connectivity index is 1.15. The Morgan fingerprint density at radius 3 is 2.30 bits per heavy atom. The number of fused-ring (bicyclic) bond motifs is 1. The Bertz CT molecular complexity index is 2060. The highest BCUT2D eigenvalue weighted by molar-refractivity contribution is 6.99. The highest BCUT2D eigenvalue weighted by atomic mass is 35.5. The molecule has 3 atom stereocenters. The summed E-state index contributed by atoms with van der Waals surface area (Å²) >= 11 is 6.42. The van der Waals surface area contributed by atoms with Crippen LogP contribution in [0.3, 0.4) is 0 Å². The number of benzene rings is 2. The Hall–Kier alpha value is -4.50. The van der Waals surface area contributed by atoms with Gasteiger partial charge in [-0.05, 0) is 41.7 Å². The van der Waals surface area contributed by atoms with Crippen LogP contribution in [0.4, 0.5) is 18.0 Å². The molecular formula is C41H49ClF3N7O3Si. The summed E-state index contributed by atoms with van der Waals surface area (Å²) in [6, 6.07) is 20.0. The maximum atomic E-state index is 14.5. The maximum absolute atomic E-state index is 14.5. The molecule has 0 saturated carbocycles. The van der Waals surface area contributed by atoms with E-state index >= 15 is 0 Å². The number of aromatic nitrogens is 4. The van der Waals surface area contributed by atoms with Gasteiger partial charge in [0.05, 0.1) is 42.7 Å². The summed E-state index contributed by atoms with van der Waals surface area (Å²) in [4.78, 5) is 30.3. The minimum absolute atomic E-state index is 0.0646. The lowest BCUT2D eigenvalue weighted by molar-refractivity contribution is -0.174. The molecule has 1 N–H and O–H groups in total. The number of urea groups is 1. The fraction of sp³-hybridized carbons (Fsp3) is 0.415. The van der Waals surface area contributed by atoms with Crippen LogP contribution in [0.15, 0.2) is 91.5 Å². The normalized spacial score (nSPS) is 17.2. The number of alkyl halides is 3. The summed E-state index contributed by atoms with van der Waals surface area (Å²) in [6.45, 7) is 11.0. The molecule has 3 aromatic heterocycles. The Labute approximate surface area is 332 Å². The van der Waals surface area contributed by atoms with Crippen LogP contribution in [-0.2, 0) is 4.43 Å². The summed E-state index contributed by atoms with van der Waals surface area (Å²) in [5.41, 5.74) is 2.08. The average Bonchev–Trinajstić information content (AvgIpc) is 3.83. The van der Waals surface area contributed by atoms with E-state index in [2.05, 4.69) is 65.3 Å². The molecule has 5 aromatic rings. The minimum atomic E-state index is -4.50. The molecular weight excluding hydrogens is 759 g/mol. The first-order chi connectivity index (χ1) is 26.7. The SMILES string of the molecule is CCN(C(=O)NC1CN(CCCO[Si](c2ccccc2)(c2ccccc2)C(C)(C)C)CC1C(F)(F)F)[C@H](C)c1cc(-c2cn3ccnc3c(Cl)n2)c(OC)cn1. The fourth-order valence-electron chi connectivity index (χ4n) is 7.89. The smallest absolute Gasteiger partial charge is 0.395 e. The van der Waals surface area contributed by atoms with Gasteiger partial charge in [-0.15, -0.1) is 0 Å². The predicted octanol–water partition coefficient (Wildman–Crippen LogP) is 7.38. The predicted molar refractivity (Wildman–Crippen MR) is 215 cm³/mol. The van der Waals surface area contributed by atoms with Crippen LogP contribution in [0.1, 0.15) is 52.8 Å². The van der Waals surface area contributed by atoms with E-state index in [1.54, 1.807) is 47.8 Å². The van der Waals surface area contributed by atoms with Gasteiger partial charge in [-0.2, -0.15) is 13.2 Å². The lowest BCUT2D eigenvalue weighted by Gasteiger charge is -2.43. The van der Waals surface area contributed by atoms with Crippen LogP contribution < -0.4 is 20.4 Å². The molecule has 0 aliphatic carbocycles. The maximum Gasteiger partial charge on any atom is 0.395 e. The van der Waals surface area contributed by atoms with Crippen LogP contribution in [0, 0.1) is 5.92 Å². The number of rotatable bonds is 13. The van der Waals surface area contributed by atoms with Gasteiger partial charge in [-0.25, -0.2) is 14.8 Å². The lowest BCUT2D eigenvalue weighted by atomic mass is 10.0. The summed E-state index contributed by atoms with van der Waals surface area (Å²) in [6.07, 6.45) is 2.68. The molecule has 4 heterocycles. The number of carbonyl (C=O) groups is 1. The lowest BCUT2D eigenvalue weighted by Crippen LogP contribution is -2.66. The number of amides is 2. The van der Waals surface area contributed by atoms with Gasteiger partial charge in [0.1, 0.15) is 5.75 Å². The van der Waals surface area contributed by atoms with Gasteiger partial charge in [0.15, 0.2) is 10.8 Å². The number of carbonyl (C=O) groups excluding carboxylic acids is 1. The molecule has 10 nitrogen and oxygen atoms in total. The topological polar surface area (TPSA) is 97.1 Å². The van der Waals surface area contributed by atoms with Crippen molar-refractivity contribution in [3.05, 3.63) is 102 Å².